The van der Waals surface area contributed by atoms with Crippen LogP contribution in [0.5, 0.6) is 0 Å². The van der Waals surface area contributed by atoms with E-state index >= 15 is 0 Å². The van der Waals surface area contributed by atoms with E-state index < -0.39 is 37.0 Å². The maximum absolute atomic E-state index is 12.7. The number of aromatic nitrogens is 3. The quantitative estimate of drug-likeness (QED) is 0.118. The first-order valence-electron chi connectivity index (χ1n) is 13.5. The van der Waals surface area contributed by atoms with Crippen molar-refractivity contribution in [2.45, 2.75) is 64.1 Å². The number of benzene rings is 2. The van der Waals surface area contributed by atoms with Gasteiger partial charge in [-0.15, -0.1) is 5.10 Å². The lowest BCUT2D eigenvalue weighted by atomic mass is 9.98. The molecule has 1 saturated carbocycles. The van der Waals surface area contributed by atoms with Crippen molar-refractivity contribution in [1.29, 1.82) is 0 Å². The summed E-state index contributed by atoms with van der Waals surface area (Å²) in [5.41, 5.74) is 4.54. The molecule has 1 fully saturated rings. The predicted octanol–water partition coefficient (Wildman–Crippen LogP) is 4.37. The number of hydrogen-bond donors (Lipinski definition) is 3. The number of rotatable bonds is 11. The minimum absolute atomic E-state index is 0.0344. The number of carbonyl (C=O) groups is 3. The Morgan fingerprint density at radius 3 is 2.49 bits per heavy atom. The highest BCUT2D eigenvalue weighted by Gasteiger charge is 2.27. The topological polar surface area (TPSA) is 165 Å². The Morgan fingerprint density at radius 2 is 1.81 bits per heavy atom. The van der Waals surface area contributed by atoms with Gasteiger partial charge in [0.25, 0.3) is 5.91 Å². The summed E-state index contributed by atoms with van der Waals surface area (Å²) in [6.45, 7) is 0.934. The lowest BCUT2D eigenvalue weighted by Gasteiger charge is -2.26. The number of hydrogen-bond acceptors (Lipinski definition) is 11. The minimum atomic E-state index is -1.75. The molecule has 4 rings (SSSR count). The summed E-state index contributed by atoms with van der Waals surface area (Å²) in [5, 5.41) is 29.1. The standard InChI is InChI=1S/C28H31Cl2N5O8/c1-17(42-28(39)43-21-5-3-2-4-6-21)41-27(38)25(36)16-34(32-26(37)24-15-35(40)33-31-24)14-18-7-9-19(10-8-18)22-13-20(29)11-12-23(22)30/h7-13,15,17,21,25,36,40H,2-6,14,16H2,1H3,(H,32,37)/t17?,25-/m1/s1. The zero-order valence-corrected chi connectivity index (χ0v) is 24.7. The third-order valence-corrected chi connectivity index (χ3v) is 7.13. The molecule has 0 bridgehead atoms. The number of aliphatic hydroxyl groups excluding tert-OH is 1. The zero-order valence-electron chi connectivity index (χ0n) is 23.2. The van der Waals surface area contributed by atoms with Crippen LogP contribution in [0.2, 0.25) is 10.0 Å². The van der Waals surface area contributed by atoms with Gasteiger partial charge in [0.1, 0.15) is 6.10 Å². The van der Waals surface area contributed by atoms with Crippen LogP contribution in [-0.4, -0.2) is 73.6 Å². The molecule has 15 heteroatoms. The first-order valence-corrected chi connectivity index (χ1v) is 14.3. The molecule has 230 valence electrons. The average molecular weight is 636 g/mol. The highest BCUT2D eigenvalue weighted by atomic mass is 35.5. The van der Waals surface area contributed by atoms with Crippen LogP contribution in [0.1, 0.15) is 55.1 Å². The van der Waals surface area contributed by atoms with Crippen LogP contribution >= 0.6 is 23.2 Å². The Bertz CT molecular complexity index is 1410. The fourth-order valence-electron chi connectivity index (χ4n) is 4.47. The van der Waals surface area contributed by atoms with Crippen LogP contribution < -0.4 is 5.43 Å². The summed E-state index contributed by atoms with van der Waals surface area (Å²) in [5.74, 6) is -1.85. The second kappa shape index (κ2) is 15.0. The number of carbonyl (C=O) groups excluding carboxylic acids is 3. The van der Waals surface area contributed by atoms with E-state index in [-0.39, 0.29) is 18.3 Å². The van der Waals surface area contributed by atoms with Gasteiger partial charge in [0.05, 0.1) is 12.7 Å². The number of ether oxygens (including phenoxy) is 3. The molecule has 1 aliphatic carbocycles. The van der Waals surface area contributed by atoms with Crippen LogP contribution in [0.25, 0.3) is 11.1 Å². The number of nitrogens with one attached hydrogen (secondary N) is 1. The smallest absolute Gasteiger partial charge is 0.431 e. The average Bonchev–Trinajstić information content (AvgIpc) is 3.41. The fraction of sp³-hybridized carbons (Fsp3) is 0.393. The van der Waals surface area contributed by atoms with Gasteiger partial charge in [-0.1, -0.05) is 58.7 Å². The second-order valence-corrected chi connectivity index (χ2v) is 10.8. The highest BCUT2D eigenvalue weighted by molar-refractivity contribution is 6.35. The summed E-state index contributed by atoms with van der Waals surface area (Å²) in [4.78, 5) is 37.7. The van der Waals surface area contributed by atoms with E-state index in [1.807, 2.05) is 0 Å². The van der Waals surface area contributed by atoms with Gasteiger partial charge < -0.3 is 24.5 Å². The van der Waals surface area contributed by atoms with Gasteiger partial charge in [-0.25, -0.2) is 14.6 Å². The van der Waals surface area contributed by atoms with Crippen LogP contribution in [0.4, 0.5) is 4.79 Å². The van der Waals surface area contributed by atoms with Crippen LogP contribution in [-0.2, 0) is 25.5 Å². The van der Waals surface area contributed by atoms with Gasteiger partial charge >= 0.3 is 12.1 Å². The number of nitrogens with zero attached hydrogens (tertiary/aromatic N) is 4. The second-order valence-electron chi connectivity index (χ2n) is 9.93. The van der Waals surface area contributed by atoms with Gasteiger partial charge in [-0.3, -0.25) is 10.2 Å². The molecule has 43 heavy (non-hydrogen) atoms. The van der Waals surface area contributed by atoms with Crippen molar-refractivity contribution in [2.24, 2.45) is 0 Å². The van der Waals surface area contributed by atoms with E-state index in [9.17, 15) is 24.7 Å². The predicted molar refractivity (Wildman–Crippen MR) is 153 cm³/mol. The van der Waals surface area contributed by atoms with Crippen molar-refractivity contribution in [2.75, 3.05) is 6.54 Å². The SMILES string of the molecule is CC(OC(=O)OC1CCCCC1)OC(=O)[C@H](O)CN(Cc1ccc(-c2cc(Cl)ccc2Cl)cc1)NC(=O)c1cn(O)nn1. The molecule has 2 aromatic carbocycles. The molecular formula is C28H31Cl2N5O8. The third kappa shape index (κ3) is 9.55. The van der Waals surface area contributed by atoms with E-state index in [0.29, 0.717) is 20.5 Å². The van der Waals surface area contributed by atoms with Crippen LogP contribution in [0.15, 0.2) is 48.7 Å². The molecule has 1 amide bonds. The Morgan fingerprint density at radius 1 is 1.09 bits per heavy atom. The first-order chi connectivity index (χ1) is 20.6. The largest absolute Gasteiger partial charge is 0.511 e. The molecule has 0 aliphatic heterocycles. The first kappa shape index (κ1) is 32.0. The van der Waals surface area contributed by atoms with Gasteiger partial charge in [-0.2, -0.15) is 0 Å². The maximum atomic E-state index is 12.7. The lowest BCUT2D eigenvalue weighted by Crippen LogP contribution is -2.48. The molecule has 3 N–H and O–H groups in total. The number of esters is 1. The number of amides is 1. The lowest BCUT2D eigenvalue weighted by molar-refractivity contribution is -0.179. The van der Waals surface area contributed by atoms with Crippen LogP contribution in [0, 0.1) is 0 Å². The number of halogens is 2. The fourth-order valence-corrected chi connectivity index (χ4v) is 4.87. The van der Waals surface area contributed by atoms with Crippen molar-refractivity contribution in [3.63, 3.8) is 0 Å². The molecule has 0 saturated heterocycles. The van der Waals surface area contributed by atoms with Crippen molar-refractivity contribution in [3.05, 3.63) is 70.0 Å². The van der Waals surface area contributed by atoms with Crippen molar-refractivity contribution in [3.8, 4) is 11.1 Å². The van der Waals surface area contributed by atoms with Crippen molar-refractivity contribution < 1.29 is 38.9 Å². The van der Waals surface area contributed by atoms with Gasteiger partial charge in [0.15, 0.2) is 11.8 Å². The summed E-state index contributed by atoms with van der Waals surface area (Å²) in [6, 6.07) is 12.3. The van der Waals surface area contributed by atoms with E-state index in [2.05, 4.69) is 15.7 Å². The van der Waals surface area contributed by atoms with Gasteiger partial charge in [0, 0.05) is 29.1 Å². The number of hydrazine groups is 1. The Labute approximate surface area is 257 Å². The molecule has 0 spiro atoms. The summed E-state index contributed by atoms with van der Waals surface area (Å²) in [7, 11) is 0. The molecule has 3 aromatic rings. The Balaban J connectivity index is 1.39. The van der Waals surface area contributed by atoms with E-state index in [1.165, 1.54) is 11.9 Å². The monoisotopic (exact) mass is 635 g/mol. The van der Waals surface area contributed by atoms with Gasteiger partial charge in [-0.05, 0) is 60.2 Å². The molecule has 13 nitrogen and oxygen atoms in total. The molecule has 1 heterocycles. The zero-order chi connectivity index (χ0) is 30.9. The normalized spacial score (nSPS) is 15.0. The van der Waals surface area contributed by atoms with Gasteiger partial charge in [0.2, 0.25) is 6.29 Å². The Kier molecular flexibility index (Phi) is 11.2. The molecule has 1 aromatic heterocycles. The minimum Gasteiger partial charge on any atom is -0.431 e. The maximum Gasteiger partial charge on any atom is 0.511 e. The molecular weight excluding hydrogens is 605 g/mol. The van der Waals surface area contributed by atoms with Crippen molar-refractivity contribution in [1.82, 2.24) is 25.6 Å². The summed E-state index contributed by atoms with van der Waals surface area (Å²) in [6.07, 6.45) is 1.19. The van der Waals surface area contributed by atoms with Crippen LogP contribution in [0.3, 0.4) is 0 Å². The molecule has 2 atom stereocenters. The molecule has 1 aliphatic rings. The van der Waals surface area contributed by atoms with Crippen molar-refractivity contribution >= 4 is 41.2 Å². The van der Waals surface area contributed by atoms with E-state index in [0.717, 1.165) is 49.4 Å². The summed E-state index contributed by atoms with van der Waals surface area (Å²) < 4.78 is 15.3. The molecule has 0 radical (unpaired) electrons. The van der Waals surface area contributed by atoms with E-state index in [1.54, 1.807) is 42.5 Å². The summed E-state index contributed by atoms with van der Waals surface area (Å²) >= 11 is 12.4. The van der Waals surface area contributed by atoms with E-state index in [4.69, 9.17) is 37.4 Å². The number of aliphatic hydroxyl groups is 1. The Hall–Kier alpha value is -3.91. The molecule has 1 unspecified atom stereocenters. The highest BCUT2D eigenvalue weighted by Crippen LogP contribution is 2.30. The third-order valence-electron chi connectivity index (χ3n) is 6.57.